The number of nitrogens with two attached hydrogens (primary N) is 1. The number of ether oxygens (including phenoxy) is 3. The second kappa shape index (κ2) is 15.9. The van der Waals surface area contributed by atoms with Crippen molar-refractivity contribution in [2.24, 2.45) is 11.8 Å². The minimum absolute atomic E-state index is 0.191. The van der Waals surface area contributed by atoms with E-state index in [1.807, 2.05) is 0 Å². The first-order valence-electron chi connectivity index (χ1n) is 17.6. The Morgan fingerprint density at radius 1 is 0.532 bits per heavy atom. The number of hydrogen-bond donors (Lipinski definition) is 4. The van der Waals surface area contributed by atoms with Crippen LogP contribution in [0.5, 0.6) is 0 Å². The zero-order chi connectivity index (χ0) is 31.8. The molecule has 2 bridgehead atoms. The molecule has 47 heavy (non-hydrogen) atoms. The molecule has 0 spiro atoms. The molecule has 2 aliphatic carbocycles. The maximum Gasteiger partial charge on any atom is 0.227 e. The van der Waals surface area contributed by atoms with Crippen LogP contribution in [0.4, 0.5) is 23.8 Å². The Bertz CT molecular complexity index is 1250. The van der Waals surface area contributed by atoms with E-state index in [9.17, 15) is 0 Å². The molecule has 5 aliphatic rings. The van der Waals surface area contributed by atoms with E-state index >= 15 is 0 Å². The first-order valence-corrected chi connectivity index (χ1v) is 17.6. The van der Waals surface area contributed by atoms with E-state index in [1.165, 1.54) is 0 Å². The number of nitrogens with zero attached hydrogens (tertiary/aromatic N) is 9. The molecule has 16 heteroatoms. The molecule has 3 aliphatic heterocycles. The van der Waals surface area contributed by atoms with Gasteiger partial charge in [-0.05, 0) is 31.1 Å². The summed E-state index contributed by atoms with van der Waals surface area (Å²) in [6.07, 6.45) is 3.24. The topological polar surface area (TPSA) is 177 Å². The lowest BCUT2D eigenvalue weighted by atomic mass is 9.79. The molecule has 4 unspecified atom stereocenters. The Kier molecular flexibility index (Phi) is 11.0. The van der Waals surface area contributed by atoms with Gasteiger partial charge in [0.05, 0.1) is 39.6 Å². The van der Waals surface area contributed by atoms with Crippen LogP contribution in [0.1, 0.15) is 42.7 Å². The standard InChI is InChI=1S/C31H51N13O3/c32-28-36-26(37-29(40-28)33-1-4-42-7-13-45-14-8-42)24-20-22-19-23(24)25(21-22)27-38-30(34-2-5-43-9-15-46-16-10-43)41-31(39-27)35-3-6-44-11-17-47-18-12-44/h22-25H,1-21H2,(H3,32,33,36,37,40)(H2,34,35,38,39,41). The number of rotatable bonds is 14. The van der Waals surface area contributed by atoms with Crippen LogP contribution in [0.15, 0.2) is 0 Å². The molecule has 5 N–H and O–H groups in total. The SMILES string of the molecule is Nc1nc(NCCN2CCOCC2)nc(C2CC3CC(c4nc(NCCN5CCOCC5)nc(NCCN5CCOCC5)n4)C2C3)n1. The predicted molar refractivity (Wildman–Crippen MR) is 178 cm³/mol. The number of nitrogens with one attached hydrogen (secondary N) is 3. The third-order valence-corrected chi connectivity index (χ3v) is 10.2. The van der Waals surface area contributed by atoms with Gasteiger partial charge in [-0.25, -0.2) is 0 Å². The maximum absolute atomic E-state index is 6.23. The summed E-state index contributed by atoms with van der Waals surface area (Å²) in [4.78, 5) is 36.0. The maximum atomic E-state index is 6.23. The molecule has 0 amide bonds. The average molecular weight is 654 g/mol. The van der Waals surface area contributed by atoms with Gasteiger partial charge in [0.1, 0.15) is 11.6 Å². The third kappa shape index (κ3) is 8.72. The first kappa shape index (κ1) is 32.5. The molecule has 0 radical (unpaired) electrons. The number of anilines is 4. The number of aromatic nitrogens is 6. The molecular formula is C31H51N13O3. The molecule has 5 heterocycles. The van der Waals surface area contributed by atoms with Crippen molar-refractivity contribution in [2.45, 2.75) is 31.1 Å². The van der Waals surface area contributed by atoms with Crippen molar-refractivity contribution in [2.75, 3.05) is 140 Å². The van der Waals surface area contributed by atoms with Crippen LogP contribution >= 0.6 is 0 Å². The molecule has 2 aromatic heterocycles. The highest BCUT2D eigenvalue weighted by molar-refractivity contribution is 5.37. The van der Waals surface area contributed by atoms with Gasteiger partial charge in [0.2, 0.25) is 23.8 Å². The summed E-state index contributed by atoms with van der Waals surface area (Å²) in [5, 5.41) is 10.4. The normalized spacial score (nSPS) is 27.2. The van der Waals surface area contributed by atoms with Crippen molar-refractivity contribution in [3.8, 4) is 0 Å². The molecule has 16 nitrogen and oxygen atoms in total. The minimum Gasteiger partial charge on any atom is -0.379 e. The highest BCUT2D eigenvalue weighted by Crippen LogP contribution is 2.58. The van der Waals surface area contributed by atoms with E-state index < -0.39 is 0 Å². The van der Waals surface area contributed by atoms with Crippen molar-refractivity contribution in [3.05, 3.63) is 11.6 Å². The van der Waals surface area contributed by atoms with Gasteiger partial charge in [0.15, 0.2) is 0 Å². The van der Waals surface area contributed by atoms with Gasteiger partial charge in [-0.3, -0.25) is 14.7 Å². The van der Waals surface area contributed by atoms with E-state index in [-0.39, 0.29) is 17.8 Å². The summed E-state index contributed by atoms with van der Waals surface area (Å²) in [7, 11) is 0. The fraction of sp³-hybridized carbons (Fsp3) is 0.806. The van der Waals surface area contributed by atoms with Crippen LogP contribution < -0.4 is 21.7 Å². The molecule has 0 aromatic carbocycles. The second-order valence-corrected chi connectivity index (χ2v) is 13.3. The monoisotopic (exact) mass is 653 g/mol. The van der Waals surface area contributed by atoms with Gasteiger partial charge in [-0.1, -0.05) is 0 Å². The van der Waals surface area contributed by atoms with E-state index in [4.69, 9.17) is 39.9 Å². The van der Waals surface area contributed by atoms with E-state index in [2.05, 4.69) is 40.6 Å². The summed E-state index contributed by atoms with van der Waals surface area (Å²) in [6.45, 7) is 15.5. The molecule has 7 rings (SSSR count). The Morgan fingerprint density at radius 2 is 0.936 bits per heavy atom. The first-order chi connectivity index (χ1) is 23.2. The van der Waals surface area contributed by atoms with Gasteiger partial charge in [-0.15, -0.1) is 0 Å². The van der Waals surface area contributed by atoms with Crippen LogP contribution in [0.25, 0.3) is 0 Å². The summed E-state index contributed by atoms with van der Waals surface area (Å²) >= 11 is 0. The Morgan fingerprint density at radius 3 is 1.36 bits per heavy atom. The van der Waals surface area contributed by atoms with Crippen LogP contribution in [-0.4, -0.2) is 163 Å². The van der Waals surface area contributed by atoms with Gasteiger partial charge < -0.3 is 35.9 Å². The molecule has 2 saturated carbocycles. The second-order valence-electron chi connectivity index (χ2n) is 13.3. The molecule has 258 valence electrons. The fourth-order valence-electron chi connectivity index (χ4n) is 7.77. The number of fused-ring (bicyclic) bond motifs is 2. The highest BCUT2D eigenvalue weighted by Gasteiger charge is 2.49. The predicted octanol–water partition coefficient (Wildman–Crippen LogP) is 0.168. The lowest BCUT2D eigenvalue weighted by molar-refractivity contribution is 0.0397. The highest BCUT2D eigenvalue weighted by atomic mass is 16.5. The summed E-state index contributed by atoms with van der Waals surface area (Å²) in [5.41, 5.74) is 6.23. The molecule has 2 aromatic rings. The summed E-state index contributed by atoms with van der Waals surface area (Å²) < 4.78 is 16.5. The van der Waals surface area contributed by atoms with Crippen LogP contribution in [0.2, 0.25) is 0 Å². The zero-order valence-electron chi connectivity index (χ0n) is 27.5. The average Bonchev–Trinajstić information content (AvgIpc) is 3.72. The number of hydrogen-bond acceptors (Lipinski definition) is 16. The molecule has 4 atom stereocenters. The van der Waals surface area contributed by atoms with Crippen molar-refractivity contribution in [3.63, 3.8) is 0 Å². The van der Waals surface area contributed by atoms with Crippen LogP contribution in [-0.2, 0) is 14.2 Å². The van der Waals surface area contributed by atoms with Crippen molar-refractivity contribution in [1.82, 2.24) is 44.6 Å². The van der Waals surface area contributed by atoms with Gasteiger partial charge >= 0.3 is 0 Å². The van der Waals surface area contributed by atoms with Gasteiger partial charge in [0, 0.05) is 90.4 Å². The molecule has 3 saturated heterocycles. The minimum atomic E-state index is 0.191. The lowest BCUT2D eigenvalue weighted by Crippen LogP contribution is -2.39. The van der Waals surface area contributed by atoms with Gasteiger partial charge in [0.25, 0.3) is 0 Å². The summed E-state index contributed by atoms with van der Waals surface area (Å²) in [6, 6.07) is 0. The van der Waals surface area contributed by atoms with E-state index in [0.717, 1.165) is 149 Å². The Balaban J connectivity index is 1.03. The van der Waals surface area contributed by atoms with Crippen molar-refractivity contribution < 1.29 is 14.2 Å². The van der Waals surface area contributed by atoms with Crippen LogP contribution in [0.3, 0.4) is 0 Å². The van der Waals surface area contributed by atoms with Crippen molar-refractivity contribution >= 4 is 23.8 Å². The number of morpholine rings is 3. The summed E-state index contributed by atoms with van der Waals surface area (Å²) in [5.74, 6) is 5.04. The zero-order valence-corrected chi connectivity index (χ0v) is 27.5. The molecule has 5 fully saturated rings. The van der Waals surface area contributed by atoms with E-state index in [0.29, 0.717) is 29.7 Å². The smallest absolute Gasteiger partial charge is 0.227 e. The van der Waals surface area contributed by atoms with Gasteiger partial charge in [-0.2, -0.15) is 29.9 Å². The quantitative estimate of drug-likeness (QED) is 0.217. The lowest BCUT2D eigenvalue weighted by Gasteiger charge is -2.29. The van der Waals surface area contributed by atoms with Crippen molar-refractivity contribution in [1.29, 1.82) is 0 Å². The number of nitrogen functional groups attached to an aromatic ring is 1. The largest absolute Gasteiger partial charge is 0.379 e. The fourth-order valence-corrected chi connectivity index (χ4v) is 7.77. The molecular weight excluding hydrogens is 602 g/mol. The van der Waals surface area contributed by atoms with E-state index in [1.54, 1.807) is 0 Å². The Hall–Kier alpha value is -3.02. The third-order valence-electron chi connectivity index (χ3n) is 10.2. The van der Waals surface area contributed by atoms with Crippen LogP contribution in [0, 0.1) is 11.8 Å². The Labute approximate surface area is 277 Å².